The Bertz CT molecular complexity index is 1100. The van der Waals surface area contributed by atoms with E-state index < -0.39 is 33.2 Å². The molecule has 0 spiro atoms. The van der Waals surface area contributed by atoms with E-state index in [1.165, 1.54) is 12.1 Å². The SMILES string of the molecule is CS(=O)(=O)c1ccc(-n2nc(C(F)(F)F)c(C(N)=O)c2N[C@H]2C[C@H]3CC[C@@H]2C3)nc1. The molecule has 2 aromatic heterocycles. The van der Waals surface area contributed by atoms with E-state index in [0.29, 0.717) is 11.8 Å². The highest BCUT2D eigenvalue weighted by atomic mass is 32.2. The van der Waals surface area contributed by atoms with Gasteiger partial charge in [-0.25, -0.2) is 13.4 Å². The van der Waals surface area contributed by atoms with Crippen molar-refractivity contribution in [3.63, 3.8) is 0 Å². The third-order valence-corrected chi connectivity index (χ3v) is 6.92. The lowest BCUT2D eigenvalue weighted by molar-refractivity contribution is -0.141. The zero-order valence-electron chi connectivity index (χ0n) is 16.0. The minimum atomic E-state index is -4.91. The number of nitrogens with one attached hydrogen (secondary N) is 1. The minimum absolute atomic E-state index is 0.0638. The molecule has 30 heavy (non-hydrogen) atoms. The highest BCUT2D eigenvalue weighted by Crippen LogP contribution is 2.46. The van der Waals surface area contributed by atoms with E-state index in [1.807, 2.05) is 0 Å². The van der Waals surface area contributed by atoms with Gasteiger partial charge in [0, 0.05) is 18.5 Å². The van der Waals surface area contributed by atoms with Crippen LogP contribution in [0.2, 0.25) is 0 Å². The van der Waals surface area contributed by atoms with Gasteiger partial charge in [-0.2, -0.15) is 23.0 Å². The number of fused-ring (bicyclic) bond motifs is 2. The molecule has 2 aliphatic carbocycles. The molecule has 2 saturated carbocycles. The number of amides is 1. The zero-order valence-corrected chi connectivity index (χ0v) is 16.8. The number of carbonyl (C=O) groups is 1. The average molecular weight is 443 g/mol. The maximum Gasteiger partial charge on any atom is 0.436 e. The van der Waals surface area contributed by atoms with Crippen molar-refractivity contribution in [1.82, 2.24) is 14.8 Å². The van der Waals surface area contributed by atoms with E-state index in [9.17, 15) is 26.4 Å². The third-order valence-electron chi connectivity index (χ3n) is 5.83. The van der Waals surface area contributed by atoms with Crippen molar-refractivity contribution in [2.75, 3.05) is 11.6 Å². The number of sulfone groups is 1. The quantitative estimate of drug-likeness (QED) is 0.732. The molecule has 2 fully saturated rings. The van der Waals surface area contributed by atoms with Crippen LogP contribution in [-0.4, -0.2) is 41.4 Å². The molecule has 2 bridgehead atoms. The predicted octanol–water partition coefficient (Wildman–Crippen LogP) is 2.39. The van der Waals surface area contributed by atoms with Gasteiger partial charge in [0.1, 0.15) is 11.4 Å². The molecule has 4 rings (SSSR count). The maximum absolute atomic E-state index is 13.6. The van der Waals surface area contributed by atoms with Crippen molar-refractivity contribution in [1.29, 1.82) is 0 Å². The highest BCUT2D eigenvalue weighted by Gasteiger charge is 2.44. The minimum Gasteiger partial charge on any atom is -0.366 e. The van der Waals surface area contributed by atoms with E-state index in [1.54, 1.807) is 0 Å². The number of nitrogens with zero attached hydrogens (tertiary/aromatic N) is 3. The van der Waals surface area contributed by atoms with Crippen molar-refractivity contribution < 1.29 is 26.4 Å². The van der Waals surface area contributed by atoms with Gasteiger partial charge in [-0.1, -0.05) is 6.42 Å². The first-order valence-electron chi connectivity index (χ1n) is 9.38. The zero-order chi connectivity index (χ0) is 21.8. The Morgan fingerprint density at radius 2 is 2.00 bits per heavy atom. The van der Waals surface area contributed by atoms with Crippen molar-refractivity contribution >= 4 is 21.6 Å². The third kappa shape index (κ3) is 3.64. The molecule has 0 aromatic carbocycles. The van der Waals surface area contributed by atoms with Crippen molar-refractivity contribution in [3.05, 3.63) is 29.6 Å². The number of hydrogen-bond acceptors (Lipinski definition) is 6. The lowest BCUT2D eigenvalue weighted by Crippen LogP contribution is -2.29. The Hall–Kier alpha value is -2.63. The van der Waals surface area contributed by atoms with E-state index in [0.717, 1.165) is 42.8 Å². The number of pyridine rings is 1. The van der Waals surface area contributed by atoms with Gasteiger partial charge in [-0.05, 0) is 43.2 Å². The smallest absolute Gasteiger partial charge is 0.366 e. The number of anilines is 1. The topological polar surface area (TPSA) is 120 Å². The first-order valence-corrected chi connectivity index (χ1v) is 11.3. The lowest BCUT2D eigenvalue weighted by Gasteiger charge is -2.24. The lowest BCUT2D eigenvalue weighted by atomic mass is 9.95. The number of halogens is 3. The van der Waals surface area contributed by atoms with Crippen LogP contribution in [0.3, 0.4) is 0 Å². The monoisotopic (exact) mass is 443 g/mol. The number of hydrogen-bond donors (Lipinski definition) is 2. The molecule has 0 unspecified atom stereocenters. The van der Waals surface area contributed by atoms with Crippen LogP contribution in [0.15, 0.2) is 23.2 Å². The second-order valence-corrected chi connectivity index (χ2v) is 9.91. The molecule has 0 radical (unpaired) electrons. The van der Waals surface area contributed by atoms with Gasteiger partial charge in [0.15, 0.2) is 21.3 Å². The summed E-state index contributed by atoms with van der Waals surface area (Å²) in [4.78, 5) is 15.8. The van der Waals surface area contributed by atoms with Crippen LogP contribution in [0.4, 0.5) is 19.0 Å². The second kappa shape index (κ2) is 6.96. The van der Waals surface area contributed by atoms with Crippen molar-refractivity contribution in [2.24, 2.45) is 17.6 Å². The number of rotatable bonds is 5. The molecular formula is C18H20F3N5O3S. The summed E-state index contributed by atoms with van der Waals surface area (Å²) in [5.74, 6) is -0.686. The van der Waals surface area contributed by atoms with Crippen LogP contribution in [0.5, 0.6) is 0 Å². The first kappa shape index (κ1) is 20.6. The average Bonchev–Trinajstić information content (AvgIpc) is 3.34. The highest BCUT2D eigenvalue weighted by molar-refractivity contribution is 7.90. The van der Waals surface area contributed by atoms with Crippen molar-refractivity contribution in [2.45, 2.75) is 42.8 Å². The van der Waals surface area contributed by atoms with Crippen molar-refractivity contribution in [3.8, 4) is 5.82 Å². The normalized spacial score (nSPS) is 23.7. The fraction of sp³-hybridized carbons (Fsp3) is 0.500. The molecule has 12 heteroatoms. The summed E-state index contributed by atoms with van der Waals surface area (Å²) in [6.07, 6.45) is 0.953. The predicted molar refractivity (Wildman–Crippen MR) is 101 cm³/mol. The van der Waals surface area contributed by atoms with Crippen LogP contribution >= 0.6 is 0 Å². The van der Waals surface area contributed by atoms with Gasteiger partial charge in [-0.15, -0.1) is 0 Å². The van der Waals surface area contributed by atoms with Gasteiger partial charge in [0.2, 0.25) is 0 Å². The summed E-state index contributed by atoms with van der Waals surface area (Å²) >= 11 is 0. The van der Waals surface area contributed by atoms with Crippen LogP contribution in [0, 0.1) is 11.8 Å². The van der Waals surface area contributed by atoms with Gasteiger partial charge < -0.3 is 11.1 Å². The number of alkyl halides is 3. The Morgan fingerprint density at radius 3 is 2.47 bits per heavy atom. The summed E-state index contributed by atoms with van der Waals surface area (Å²) in [5, 5.41) is 6.65. The fourth-order valence-electron chi connectivity index (χ4n) is 4.46. The number of aromatic nitrogens is 3. The largest absolute Gasteiger partial charge is 0.436 e. The molecule has 3 atom stereocenters. The molecule has 0 saturated heterocycles. The second-order valence-electron chi connectivity index (χ2n) is 7.90. The fourth-order valence-corrected chi connectivity index (χ4v) is 5.02. The molecule has 3 N–H and O–H groups in total. The van der Waals surface area contributed by atoms with Crippen LogP contribution in [0.1, 0.15) is 41.7 Å². The summed E-state index contributed by atoms with van der Waals surface area (Å²) < 4.78 is 64.9. The molecule has 2 aliphatic rings. The van der Waals surface area contributed by atoms with E-state index in [2.05, 4.69) is 15.4 Å². The molecule has 2 aromatic rings. The van der Waals surface area contributed by atoms with Gasteiger partial charge >= 0.3 is 6.18 Å². The standard InChI is InChI=1S/C18H20F3N5O3S/c1-30(28,29)11-4-5-13(23-8-11)26-17(24-12-7-9-2-3-10(12)6-9)14(16(22)27)15(25-26)18(19,20)21/h4-5,8-10,12,24H,2-3,6-7H2,1H3,(H2,22,27)/t9-,10+,12-/m0/s1. The van der Waals surface area contributed by atoms with Crippen LogP contribution < -0.4 is 11.1 Å². The van der Waals surface area contributed by atoms with Crippen LogP contribution in [0.25, 0.3) is 5.82 Å². The molecule has 162 valence electrons. The summed E-state index contributed by atoms with van der Waals surface area (Å²) in [6.45, 7) is 0. The summed E-state index contributed by atoms with van der Waals surface area (Å²) in [7, 11) is -3.54. The Balaban J connectivity index is 1.83. The van der Waals surface area contributed by atoms with E-state index in [4.69, 9.17) is 5.73 Å². The van der Waals surface area contributed by atoms with Gasteiger partial charge in [-0.3, -0.25) is 4.79 Å². The Kier molecular flexibility index (Phi) is 4.79. The molecule has 8 nitrogen and oxygen atoms in total. The number of carbonyl (C=O) groups excluding carboxylic acids is 1. The maximum atomic E-state index is 13.6. The number of primary amides is 1. The Morgan fingerprint density at radius 1 is 1.27 bits per heavy atom. The molecule has 0 aliphatic heterocycles. The first-order chi connectivity index (χ1) is 13.9. The molecule has 2 heterocycles. The molecular weight excluding hydrogens is 423 g/mol. The van der Waals surface area contributed by atoms with Gasteiger partial charge in [0.25, 0.3) is 5.91 Å². The van der Waals surface area contributed by atoms with E-state index in [-0.39, 0.29) is 22.6 Å². The van der Waals surface area contributed by atoms with Crippen LogP contribution in [-0.2, 0) is 16.0 Å². The summed E-state index contributed by atoms with van der Waals surface area (Å²) in [5.41, 5.74) is 3.14. The van der Waals surface area contributed by atoms with E-state index >= 15 is 0 Å². The van der Waals surface area contributed by atoms with Gasteiger partial charge in [0.05, 0.1) is 4.90 Å². The molecule has 1 amide bonds. The number of nitrogens with two attached hydrogens (primary N) is 1. The summed E-state index contributed by atoms with van der Waals surface area (Å²) in [6, 6.07) is 2.35. The Labute approximate surface area is 170 Å².